The van der Waals surface area contributed by atoms with Crippen LogP contribution in [-0.2, 0) is 14.3 Å². The van der Waals surface area contributed by atoms with Gasteiger partial charge in [0.1, 0.15) is 5.76 Å². The number of ketones is 1. The van der Waals surface area contributed by atoms with Crippen molar-refractivity contribution in [2.45, 2.75) is 12.5 Å². The molecule has 2 saturated heterocycles. The van der Waals surface area contributed by atoms with E-state index in [2.05, 4.69) is 4.90 Å². The van der Waals surface area contributed by atoms with E-state index < -0.39 is 17.7 Å². The summed E-state index contributed by atoms with van der Waals surface area (Å²) in [6.07, 6.45) is 0.678. The minimum Gasteiger partial charge on any atom is -0.507 e. The fourth-order valence-corrected chi connectivity index (χ4v) is 4.66. The first-order valence-corrected chi connectivity index (χ1v) is 11.9. The quantitative estimate of drug-likeness (QED) is 0.337. The third kappa shape index (κ3) is 5.29. The average Bonchev–Trinajstić information content (AvgIpc) is 3.14. The van der Waals surface area contributed by atoms with Gasteiger partial charge in [0.05, 0.1) is 39.0 Å². The van der Waals surface area contributed by atoms with Crippen LogP contribution in [0.3, 0.4) is 0 Å². The normalized spacial score (nSPS) is 20.3. The van der Waals surface area contributed by atoms with E-state index in [1.165, 1.54) is 19.1 Å². The SMILES string of the molecule is COc1ccc(C2/C(=C(\O)c3ccc(Cl)cc3)C(=O)C(=O)N2CCCN2CCOCC2)cc1OC. The molecule has 1 unspecified atom stereocenters. The minimum absolute atomic E-state index is 0.0379. The molecule has 8 nitrogen and oxygen atoms in total. The Labute approximate surface area is 209 Å². The van der Waals surface area contributed by atoms with Crippen molar-refractivity contribution in [3.8, 4) is 11.5 Å². The van der Waals surface area contributed by atoms with Crippen molar-refractivity contribution < 1.29 is 28.9 Å². The molecule has 1 atom stereocenters. The third-order valence-corrected chi connectivity index (χ3v) is 6.61. The first-order chi connectivity index (χ1) is 16.9. The Morgan fingerprint density at radius 3 is 2.37 bits per heavy atom. The Morgan fingerprint density at radius 2 is 1.71 bits per heavy atom. The van der Waals surface area contributed by atoms with Crippen LogP contribution in [0.1, 0.15) is 23.6 Å². The molecule has 2 heterocycles. The highest BCUT2D eigenvalue weighted by Crippen LogP contribution is 2.42. The molecule has 1 amide bonds. The van der Waals surface area contributed by atoms with E-state index in [4.69, 9.17) is 25.8 Å². The number of nitrogens with zero attached hydrogens (tertiary/aromatic N) is 2. The van der Waals surface area contributed by atoms with Crippen LogP contribution in [0, 0.1) is 0 Å². The van der Waals surface area contributed by atoms with Crippen LogP contribution in [0.5, 0.6) is 11.5 Å². The van der Waals surface area contributed by atoms with Gasteiger partial charge in [-0.1, -0.05) is 17.7 Å². The number of benzene rings is 2. The lowest BCUT2D eigenvalue weighted by Gasteiger charge is -2.29. The zero-order chi connectivity index (χ0) is 24.9. The number of methoxy groups -OCH3 is 2. The molecule has 2 aromatic carbocycles. The van der Waals surface area contributed by atoms with Gasteiger partial charge in [-0.05, 0) is 48.4 Å². The van der Waals surface area contributed by atoms with Crippen molar-refractivity contribution >= 4 is 29.1 Å². The lowest BCUT2D eigenvalue weighted by Crippen LogP contribution is -2.38. The number of amides is 1. The molecule has 0 saturated carbocycles. The van der Waals surface area contributed by atoms with Crippen molar-refractivity contribution in [3.05, 3.63) is 64.2 Å². The Balaban J connectivity index is 1.71. The number of carbonyl (C=O) groups excluding carboxylic acids is 2. The number of carbonyl (C=O) groups is 2. The van der Waals surface area contributed by atoms with Gasteiger partial charge in [0, 0.05) is 36.8 Å². The highest BCUT2D eigenvalue weighted by Gasteiger charge is 2.46. The second kappa shape index (κ2) is 11.1. The van der Waals surface area contributed by atoms with Crippen molar-refractivity contribution in [2.24, 2.45) is 0 Å². The van der Waals surface area contributed by atoms with Gasteiger partial charge < -0.3 is 24.2 Å². The van der Waals surface area contributed by atoms with Gasteiger partial charge in [-0.25, -0.2) is 0 Å². The standard InChI is InChI=1S/C26H29ClN2O6/c1-33-20-9-6-18(16-21(20)34-2)23-22(24(30)17-4-7-19(27)8-5-17)25(31)26(32)29(23)11-3-10-28-12-14-35-15-13-28/h4-9,16,23,30H,3,10-15H2,1-2H3/b24-22+. The van der Waals surface area contributed by atoms with Crippen molar-refractivity contribution in [3.63, 3.8) is 0 Å². The molecule has 2 fully saturated rings. The van der Waals surface area contributed by atoms with Crippen LogP contribution >= 0.6 is 11.6 Å². The second-order valence-corrected chi connectivity index (χ2v) is 8.86. The van der Waals surface area contributed by atoms with E-state index in [1.54, 1.807) is 42.5 Å². The topological polar surface area (TPSA) is 88.5 Å². The maximum absolute atomic E-state index is 13.2. The van der Waals surface area contributed by atoms with Crippen molar-refractivity contribution in [1.29, 1.82) is 0 Å². The van der Waals surface area contributed by atoms with E-state index >= 15 is 0 Å². The number of hydrogen-bond donors (Lipinski definition) is 1. The third-order valence-electron chi connectivity index (χ3n) is 6.36. The Kier molecular flexibility index (Phi) is 7.95. The smallest absolute Gasteiger partial charge is 0.295 e. The predicted molar refractivity (Wildman–Crippen MR) is 132 cm³/mol. The maximum Gasteiger partial charge on any atom is 0.295 e. The van der Waals surface area contributed by atoms with Crippen LogP contribution in [0.15, 0.2) is 48.0 Å². The zero-order valence-electron chi connectivity index (χ0n) is 19.8. The van der Waals surface area contributed by atoms with Gasteiger partial charge in [-0.3, -0.25) is 14.5 Å². The van der Waals surface area contributed by atoms with Gasteiger partial charge in [0.25, 0.3) is 11.7 Å². The number of aliphatic hydroxyl groups is 1. The second-order valence-electron chi connectivity index (χ2n) is 8.42. The van der Waals surface area contributed by atoms with E-state index in [-0.39, 0.29) is 11.3 Å². The highest BCUT2D eigenvalue weighted by molar-refractivity contribution is 6.46. The molecule has 186 valence electrons. The maximum atomic E-state index is 13.2. The Bertz CT molecular complexity index is 1110. The lowest BCUT2D eigenvalue weighted by molar-refractivity contribution is -0.140. The average molecular weight is 501 g/mol. The molecule has 0 aliphatic carbocycles. The van der Waals surface area contributed by atoms with Crippen LogP contribution in [-0.4, -0.2) is 80.2 Å². The Hall–Kier alpha value is -3.07. The summed E-state index contributed by atoms with van der Waals surface area (Å²) in [5.41, 5.74) is 1.09. The zero-order valence-corrected chi connectivity index (χ0v) is 20.6. The molecular formula is C26H29ClN2O6. The molecule has 0 aromatic heterocycles. The first kappa shape index (κ1) is 25.0. The van der Waals surface area contributed by atoms with Gasteiger partial charge in [0.15, 0.2) is 11.5 Å². The number of rotatable bonds is 8. The van der Waals surface area contributed by atoms with E-state index in [0.717, 1.165) is 19.6 Å². The van der Waals surface area contributed by atoms with E-state index in [9.17, 15) is 14.7 Å². The molecule has 2 aliphatic rings. The number of hydrogen-bond acceptors (Lipinski definition) is 7. The fourth-order valence-electron chi connectivity index (χ4n) is 4.53. The number of likely N-dealkylation sites (tertiary alicyclic amines) is 1. The Morgan fingerprint density at radius 1 is 1.03 bits per heavy atom. The van der Waals surface area contributed by atoms with E-state index in [1.807, 2.05) is 0 Å². The first-order valence-electron chi connectivity index (χ1n) is 11.5. The molecule has 4 rings (SSSR count). The molecule has 1 N–H and O–H groups in total. The summed E-state index contributed by atoms with van der Waals surface area (Å²) in [6.45, 7) is 4.21. The summed E-state index contributed by atoms with van der Waals surface area (Å²) in [6, 6.07) is 11.0. The molecule has 2 aliphatic heterocycles. The number of Topliss-reactive ketones (excluding diaryl/α,β-unsaturated/α-hetero) is 1. The number of halogens is 1. The van der Waals surface area contributed by atoms with Gasteiger partial charge in [-0.15, -0.1) is 0 Å². The predicted octanol–water partition coefficient (Wildman–Crippen LogP) is 3.50. The van der Waals surface area contributed by atoms with Crippen molar-refractivity contribution in [2.75, 3.05) is 53.6 Å². The molecule has 9 heteroatoms. The summed E-state index contributed by atoms with van der Waals surface area (Å²) >= 11 is 5.99. The summed E-state index contributed by atoms with van der Waals surface area (Å²) in [5, 5.41) is 11.7. The van der Waals surface area contributed by atoms with Gasteiger partial charge in [0.2, 0.25) is 0 Å². The molecule has 0 spiro atoms. The summed E-state index contributed by atoms with van der Waals surface area (Å²) < 4.78 is 16.2. The molecule has 35 heavy (non-hydrogen) atoms. The largest absolute Gasteiger partial charge is 0.507 e. The van der Waals surface area contributed by atoms with Crippen LogP contribution in [0.2, 0.25) is 5.02 Å². The lowest BCUT2D eigenvalue weighted by atomic mass is 9.95. The summed E-state index contributed by atoms with van der Waals surface area (Å²) in [5.74, 6) is -0.602. The van der Waals surface area contributed by atoms with Gasteiger partial charge in [-0.2, -0.15) is 0 Å². The minimum atomic E-state index is -0.768. The highest BCUT2D eigenvalue weighted by atomic mass is 35.5. The summed E-state index contributed by atoms with van der Waals surface area (Å²) in [7, 11) is 3.06. The molecular weight excluding hydrogens is 472 g/mol. The number of ether oxygens (including phenoxy) is 3. The summed E-state index contributed by atoms with van der Waals surface area (Å²) in [4.78, 5) is 30.2. The molecule has 0 radical (unpaired) electrons. The van der Waals surface area contributed by atoms with Gasteiger partial charge >= 0.3 is 0 Å². The number of aliphatic hydroxyl groups excluding tert-OH is 1. The molecule has 2 aromatic rings. The van der Waals surface area contributed by atoms with E-state index in [0.29, 0.717) is 53.8 Å². The monoisotopic (exact) mass is 500 g/mol. The van der Waals surface area contributed by atoms with Crippen LogP contribution in [0.25, 0.3) is 5.76 Å². The van der Waals surface area contributed by atoms with Crippen LogP contribution < -0.4 is 9.47 Å². The fraction of sp³-hybridized carbons (Fsp3) is 0.385. The number of morpholine rings is 1. The van der Waals surface area contributed by atoms with Crippen molar-refractivity contribution in [1.82, 2.24) is 9.80 Å². The molecule has 0 bridgehead atoms. The van der Waals surface area contributed by atoms with Crippen LogP contribution in [0.4, 0.5) is 0 Å².